The van der Waals surface area contributed by atoms with Crippen LogP contribution in [0.1, 0.15) is 26.3 Å². The highest BCUT2D eigenvalue weighted by Gasteiger charge is 2.24. The summed E-state index contributed by atoms with van der Waals surface area (Å²) in [6.07, 6.45) is 2.24. The summed E-state index contributed by atoms with van der Waals surface area (Å²) in [4.78, 5) is 13.8. The number of anilines is 1. The molecule has 1 N–H and O–H groups in total. The minimum atomic E-state index is 0.266. The predicted molar refractivity (Wildman–Crippen MR) is 115 cm³/mol. The molecule has 0 spiro atoms. The van der Waals surface area contributed by atoms with Gasteiger partial charge in [0.15, 0.2) is 5.96 Å². The fourth-order valence-corrected chi connectivity index (χ4v) is 4.82. The molecule has 1 aromatic heterocycles. The van der Waals surface area contributed by atoms with Crippen LogP contribution in [0.2, 0.25) is 0 Å². The maximum absolute atomic E-state index is 5.61. The highest BCUT2D eigenvalue weighted by molar-refractivity contribution is 8.00. The third-order valence-corrected chi connectivity index (χ3v) is 6.71. The van der Waals surface area contributed by atoms with Gasteiger partial charge in [-0.2, -0.15) is 11.8 Å². The average molecular weight is 392 g/mol. The van der Waals surface area contributed by atoms with Crippen LogP contribution in [0.15, 0.2) is 23.3 Å². The maximum Gasteiger partial charge on any atom is 0.193 e. The Labute approximate surface area is 167 Å². The number of rotatable bonds is 4. The Hall–Kier alpha value is -1.47. The number of hydrogen-bond donors (Lipinski definition) is 1. The Morgan fingerprint density at radius 1 is 1.37 bits per heavy atom. The van der Waals surface area contributed by atoms with Crippen molar-refractivity contribution >= 4 is 23.5 Å². The smallest absolute Gasteiger partial charge is 0.193 e. The first kappa shape index (κ1) is 20.3. The van der Waals surface area contributed by atoms with Crippen LogP contribution in [0, 0.1) is 5.92 Å². The maximum atomic E-state index is 5.61. The van der Waals surface area contributed by atoms with Gasteiger partial charge in [-0.25, -0.2) is 4.98 Å². The van der Waals surface area contributed by atoms with Gasteiger partial charge >= 0.3 is 0 Å². The first-order valence-corrected chi connectivity index (χ1v) is 11.0. The third-order valence-electron chi connectivity index (χ3n) is 5.17. The van der Waals surface area contributed by atoms with E-state index >= 15 is 0 Å². The van der Waals surface area contributed by atoms with Gasteiger partial charge in [-0.05, 0) is 24.5 Å². The highest BCUT2D eigenvalue weighted by Crippen LogP contribution is 2.25. The monoisotopic (exact) mass is 391 g/mol. The van der Waals surface area contributed by atoms with Gasteiger partial charge < -0.3 is 19.9 Å². The van der Waals surface area contributed by atoms with Gasteiger partial charge in [0, 0.05) is 57.0 Å². The van der Waals surface area contributed by atoms with Gasteiger partial charge in [-0.3, -0.25) is 4.99 Å². The average Bonchev–Trinajstić information content (AvgIpc) is 2.69. The minimum absolute atomic E-state index is 0.266. The van der Waals surface area contributed by atoms with Crippen molar-refractivity contribution in [1.29, 1.82) is 0 Å². The number of aliphatic imine (C=N–C) groups is 1. The van der Waals surface area contributed by atoms with E-state index in [1.54, 1.807) is 0 Å². The van der Waals surface area contributed by atoms with Crippen LogP contribution in [0.5, 0.6) is 0 Å². The van der Waals surface area contributed by atoms with Gasteiger partial charge in [0.05, 0.1) is 12.7 Å². The number of ether oxygens (including phenoxy) is 1. The summed E-state index contributed by atoms with van der Waals surface area (Å²) in [5.41, 5.74) is 1.17. The zero-order valence-electron chi connectivity index (χ0n) is 17.0. The number of nitrogens with zero attached hydrogens (tertiary/aromatic N) is 4. The van der Waals surface area contributed by atoms with E-state index in [4.69, 9.17) is 4.74 Å². The Bertz CT molecular complexity index is 621. The van der Waals surface area contributed by atoms with Crippen LogP contribution in [0.4, 0.5) is 5.82 Å². The van der Waals surface area contributed by atoms with Crippen molar-refractivity contribution < 1.29 is 4.74 Å². The Kier molecular flexibility index (Phi) is 7.24. The second-order valence-corrected chi connectivity index (χ2v) is 9.00. The topological polar surface area (TPSA) is 53.0 Å². The number of nitrogens with one attached hydrogen (secondary N) is 1. The van der Waals surface area contributed by atoms with E-state index < -0.39 is 0 Å². The second-order valence-electron chi connectivity index (χ2n) is 7.65. The third kappa shape index (κ3) is 5.51. The molecule has 2 atom stereocenters. The van der Waals surface area contributed by atoms with Crippen molar-refractivity contribution in [2.24, 2.45) is 10.9 Å². The summed E-state index contributed by atoms with van der Waals surface area (Å²) in [5.74, 6) is 3.88. The van der Waals surface area contributed by atoms with Crippen molar-refractivity contribution in [3.8, 4) is 0 Å². The largest absolute Gasteiger partial charge is 0.375 e. The van der Waals surface area contributed by atoms with Crippen molar-refractivity contribution in [2.75, 3.05) is 50.5 Å². The normalized spacial score (nSPS) is 24.4. The second kappa shape index (κ2) is 9.64. The zero-order chi connectivity index (χ0) is 19.2. The summed E-state index contributed by atoms with van der Waals surface area (Å²) < 4.78 is 5.61. The van der Waals surface area contributed by atoms with Crippen LogP contribution in [0.25, 0.3) is 0 Å². The van der Waals surface area contributed by atoms with Gasteiger partial charge in [0.1, 0.15) is 5.82 Å². The van der Waals surface area contributed by atoms with E-state index in [1.165, 1.54) is 5.56 Å². The standard InChI is InChI=1S/C20H33N5OS/c1-15(2)18-14-25(8-10-27-18)20(21-4)23-12-17-5-6-19(22-11-17)24-7-9-26-16(3)13-24/h5-6,11,15-16,18H,7-10,12-14H2,1-4H3,(H,21,23). The molecule has 0 radical (unpaired) electrons. The SMILES string of the molecule is CN=C(NCc1ccc(N2CCOC(C)C2)nc1)N1CCSC(C(C)C)C1. The van der Waals surface area contributed by atoms with Crippen LogP contribution in [-0.2, 0) is 11.3 Å². The van der Waals surface area contributed by atoms with Crippen LogP contribution in [0.3, 0.4) is 0 Å². The van der Waals surface area contributed by atoms with Crippen molar-refractivity contribution in [3.63, 3.8) is 0 Å². The van der Waals surface area contributed by atoms with Gasteiger partial charge in [-0.1, -0.05) is 19.9 Å². The number of aromatic nitrogens is 1. The van der Waals surface area contributed by atoms with Crippen molar-refractivity contribution in [2.45, 2.75) is 38.7 Å². The number of thioether (sulfide) groups is 1. The summed E-state index contributed by atoms with van der Waals surface area (Å²) in [7, 11) is 1.87. The van der Waals surface area contributed by atoms with Gasteiger partial charge in [-0.15, -0.1) is 0 Å². The molecule has 3 heterocycles. The zero-order valence-corrected chi connectivity index (χ0v) is 17.8. The fraction of sp³-hybridized carbons (Fsp3) is 0.700. The predicted octanol–water partition coefficient (Wildman–Crippen LogP) is 2.46. The molecule has 2 unspecified atom stereocenters. The van der Waals surface area contributed by atoms with Crippen LogP contribution < -0.4 is 10.2 Å². The van der Waals surface area contributed by atoms with Gasteiger partial charge in [0.2, 0.25) is 0 Å². The molecule has 6 nitrogen and oxygen atoms in total. The van der Waals surface area contributed by atoms with E-state index in [2.05, 4.69) is 69.8 Å². The molecule has 0 aromatic carbocycles. The summed E-state index contributed by atoms with van der Waals surface area (Å²) >= 11 is 2.08. The molecule has 1 aromatic rings. The Balaban J connectivity index is 1.54. The molecule has 3 rings (SSSR count). The summed E-state index contributed by atoms with van der Waals surface area (Å²) in [6, 6.07) is 4.27. The quantitative estimate of drug-likeness (QED) is 0.629. The van der Waals surface area contributed by atoms with E-state index in [9.17, 15) is 0 Å². The molecule has 0 bridgehead atoms. The first-order chi connectivity index (χ1) is 13.1. The highest BCUT2D eigenvalue weighted by atomic mass is 32.2. The molecule has 0 aliphatic carbocycles. The number of guanidine groups is 1. The Morgan fingerprint density at radius 2 is 2.22 bits per heavy atom. The minimum Gasteiger partial charge on any atom is -0.375 e. The summed E-state index contributed by atoms with van der Waals surface area (Å²) in [6.45, 7) is 12.2. The van der Waals surface area contributed by atoms with Crippen LogP contribution >= 0.6 is 11.8 Å². The van der Waals surface area contributed by atoms with E-state index in [1.807, 2.05) is 13.2 Å². The lowest BCUT2D eigenvalue weighted by Gasteiger charge is -2.36. The first-order valence-electron chi connectivity index (χ1n) is 9.95. The molecule has 2 aliphatic heterocycles. The molecule has 150 valence electrons. The molecule has 0 saturated carbocycles. The fourth-order valence-electron chi connectivity index (χ4n) is 3.52. The van der Waals surface area contributed by atoms with Gasteiger partial charge in [0.25, 0.3) is 0 Å². The molecule has 2 saturated heterocycles. The van der Waals surface area contributed by atoms with E-state index in [0.717, 1.165) is 56.9 Å². The summed E-state index contributed by atoms with van der Waals surface area (Å²) in [5, 5.41) is 4.19. The molecule has 0 amide bonds. The van der Waals surface area contributed by atoms with Crippen LogP contribution in [-0.4, -0.2) is 72.8 Å². The lowest BCUT2D eigenvalue weighted by atomic mass is 10.1. The molecule has 2 fully saturated rings. The lowest BCUT2D eigenvalue weighted by Crippen LogP contribution is -2.48. The molecule has 2 aliphatic rings. The Morgan fingerprint density at radius 3 is 2.89 bits per heavy atom. The molecular formula is C20H33N5OS. The van der Waals surface area contributed by atoms with Crippen molar-refractivity contribution in [3.05, 3.63) is 23.9 Å². The number of pyridine rings is 1. The number of morpholine rings is 1. The van der Waals surface area contributed by atoms with Crippen molar-refractivity contribution in [1.82, 2.24) is 15.2 Å². The molecule has 7 heteroatoms. The number of hydrogen-bond acceptors (Lipinski definition) is 5. The molecular weight excluding hydrogens is 358 g/mol. The lowest BCUT2D eigenvalue weighted by molar-refractivity contribution is 0.0529. The van der Waals surface area contributed by atoms with E-state index in [0.29, 0.717) is 11.2 Å². The van der Waals surface area contributed by atoms with E-state index in [-0.39, 0.29) is 6.10 Å². The molecule has 27 heavy (non-hydrogen) atoms.